The Morgan fingerprint density at radius 3 is 2.42 bits per heavy atom. The molecule has 1 aromatic carbocycles. The molecule has 0 heterocycles. The van der Waals surface area contributed by atoms with E-state index in [9.17, 15) is 0 Å². The van der Waals surface area contributed by atoms with E-state index in [1.807, 2.05) is 24.3 Å². The monoisotopic (exact) mass is 255 g/mol. The lowest BCUT2D eigenvalue weighted by atomic mass is 10.1. The number of benzene rings is 1. The van der Waals surface area contributed by atoms with E-state index in [-0.39, 0.29) is 5.57 Å². The Morgan fingerprint density at radius 1 is 1.26 bits per heavy atom. The van der Waals surface area contributed by atoms with Gasteiger partial charge < -0.3 is 10.1 Å². The first-order valence-corrected chi connectivity index (χ1v) is 6.15. The van der Waals surface area contributed by atoms with Gasteiger partial charge in [-0.05, 0) is 36.6 Å². The Bertz CT molecular complexity index is 488. The molecule has 0 radical (unpaired) electrons. The van der Waals surface area contributed by atoms with Gasteiger partial charge >= 0.3 is 0 Å². The number of hydrogen-bond acceptors (Lipinski definition) is 4. The quantitative estimate of drug-likeness (QED) is 0.790. The van der Waals surface area contributed by atoms with Gasteiger partial charge in [0, 0.05) is 11.9 Å². The van der Waals surface area contributed by atoms with Gasteiger partial charge in [0.05, 0.1) is 6.61 Å². The molecule has 0 saturated heterocycles. The fourth-order valence-corrected chi connectivity index (χ4v) is 1.30. The Kier molecular flexibility index (Phi) is 5.98. The van der Waals surface area contributed by atoms with Crippen LogP contribution in [0.2, 0.25) is 0 Å². The van der Waals surface area contributed by atoms with Crippen LogP contribution in [0.5, 0.6) is 5.75 Å². The summed E-state index contributed by atoms with van der Waals surface area (Å²) in [7, 11) is 0. The van der Waals surface area contributed by atoms with Crippen LogP contribution in [0.3, 0.4) is 0 Å². The summed E-state index contributed by atoms with van der Waals surface area (Å²) >= 11 is 0. The zero-order valence-corrected chi connectivity index (χ0v) is 11.2. The summed E-state index contributed by atoms with van der Waals surface area (Å²) in [5.41, 5.74) is 0.844. The van der Waals surface area contributed by atoms with Gasteiger partial charge in [-0.25, -0.2) is 0 Å². The molecule has 0 aliphatic heterocycles. The van der Waals surface area contributed by atoms with Crippen molar-refractivity contribution in [2.75, 3.05) is 11.9 Å². The van der Waals surface area contributed by atoms with Crippen molar-refractivity contribution in [1.29, 1.82) is 10.5 Å². The van der Waals surface area contributed by atoms with Crippen LogP contribution in [0.15, 0.2) is 36.0 Å². The number of hydrogen-bond donors (Lipinski definition) is 1. The van der Waals surface area contributed by atoms with Gasteiger partial charge in [0.15, 0.2) is 0 Å². The van der Waals surface area contributed by atoms with Crippen molar-refractivity contribution < 1.29 is 4.74 Å². The standard InChI is InChI=1S/C15H17N3O/c1-12(2)7-8-19-15-5-3-14(4-6-15)18-11-13(9-16)10-17/h3-6,11-12,18H,7-8H2,1-2H3. The fourth-order valence-electron chi connectivity index (χ4n) is 1.30. The highest BCUT2D eigenvalue weighted by atomic mass is 16.5. The molecule has 19 heavy (non-hydrogen) atoms. The van der Waals surface area contributed by atoms with Crippen molar-refractivity contribution in [2.45, 2.75) is 20.3 Å². The Labute approximate surface area is 113 Å². The predicted octanol–water partition coefficient (Wildman–Crippen LogP) is 3.45. The second-order valence-electron chi connectivity index (χ2n) is 4.48. The predicted molar refractivity (Wildman–Crippen MR) is 74.3 cm³/mol. The number of rotatable bonds is 6. The first-order valence-electron chi connectivity index (χ1n) is 6.15. The Hall–Kier alpha value is -2.46. The molecule has 0 spiro atoms. The summed E-state index contributed by atoms with van der Waals surface area (Å²) in [4.78, 5) is 0. The van der Waals surface area contributed by atoms with Crippen molar-refractivity contribution in [3.05, 3.63) is 36.0 Å². The van der Waals surface area contributed by atoms with E-state index in [2.05, 4.69) is 19.2 Å². The average Bonchev–Trinajstić information content (AvgIpc) is 2.41. The van der Waals surface area contributed by atoms with E-state index in [1.54, 1.807) is 12.1 Å². The van der Waals surface area contributed by atoms with Crippen LogP contribution < -0.4 is 10.1 Å². The highest BCUT2D eigenvalue weighted by Crippen LogP contribution is 2.16. The maximum absolute atomic E-state index is 8.59. The van der Waals surface area contributed by atoms with Crippen LogP contribution in [0, 0.1) is 28.6 Å². The van der Waals surface area contributed by atoms with E-state index in [1.165, 1.54) is 6.20 Å². The highest BCUT2D eigenvalue weighted by molar-refractivity contribution is 5.51. The third kappa shape index (κ3) is 5.61. The normalized spacial score (nSPS) is 9.32. The van der Waals surface area contributed by atoms with Crippen molar-refractivity contribution in [3.8, 4) is 17.9 Å². The lowest BCUT2D eigenvalue weighted by Gasteiger charge is -2.08. The topological polar surface area (TPSA) is 68.8 Å². The minimum Gasteiger partial charge on any atom is -0.494 e. The number of nitrogens with zero attached hydrogens (tertiary/aromatic N) is 2. The van der Waals surface area contributed by atoms with Gasteiger partial charge in [-0.3, -0.25) is 0 Å². The molecule has 0 atom stereocenters. The second-order valence-corrected chi connectivity index (χ2v) is 4.48. The third-order valence-corrected chi connectivity index (χ3v) is 2.44. The second kappa shape index (κ2) is 7.79. The summed E-state index contributed by atoms with van der Waals surface area (Å²) in [6, 6.07) is 11.0. The molecular formula is C15H17N3O. The number of nitriles is 2. The largest absolute Gasteiger partial charge is 0.494 e. The minimum absolute atomic E-state index is 0.0391. The third-order valence-electron chi connectivity index (χ3n) is 2.44. The molecule has 0 aliphatic rings. The van der Waals surface area contributed by atoms with Gasteiger partial charge in [0.1, 0.15) is 23.5 Å². The molecule has 0 unspecified atom stereocenters. The lowest BCUT2D eigenvalue weighted by Crippen LogP contribution is -2.01. The van der Waals surface area contributed by atoms with E-state index in [4.69, 9.17) is 15.3 Å². The van der Waals surface area contributed by atoms with Crippen LogP contribution in [0.1, 0.15) is 20.3 Å². The number of ether oxygens (including phenoxy) is 1. The fraction of sp³-hybridized carbons (Fsp3) is 0.333. The van der Waals surface area contributed by atoms with Gasteiger partial charge in [0.25, 0.3) is 0 Å². The highest BCUT2D eigenvalue weighted by Gasteiger charge is 1.97. The first-order chi connectivity index (χ1) is 9.15. The molecule has 0 fully saturated rings. The number of anilines is 1. The molecule has 1 N–H and O–H groups in total. The molecule has 4 nitrogen and oxygen atoms in total. The molecule has 0 amide bonds. The summed E-state index contributed by atoms with van der Waals surface area (Å²) in [6.45, 7) is 5.02. The van der Waals surface area contributed by atoms with Crippen LogP contribution in [0.25, 0.3) is 0 Å². The van der Waals surface area contributed by atoms with Crippen LogP contribution in [-0.2, 0) is 0 Å². The lowest BCUT2D eigenvalue weighted by molar-refractivity contribution is 0.289. The Morgan fingerprint density at radius 2 is 1.89 bits per heavy atom. The van der Waals surface area contributed by atoms with Crippen LogP contribution in [0.4, 0.5) is 5.69 Å². The van der Waals surface area contributed by atoms with E-state index in [0.29, 0.717) is 12.5 Å². The minimum atomic E-state index is 0.0391. The number of nitrogens with one attached hydrogen (secondary N) is 1. The molecule has 98 valence electrons. The SMILES string of the molecule is CC(C)CCOc1ccc(NC=C(C#N)C#N)cc1. The number of allylic oxidation sites excluding steroid dienone is 1. The van der Waals surface area contributed by atoms with E-state index >= 15 is 0 Å². The Balaban J connectivity index is 2.51. The zero-order chi connectivity index (χ0) is 14.1. The van der Waals surface area contributed by atoms with E-state index < -0.39 is 0 Å². The maximum Gasteiger partial charge on any atom is 0.145 e. The molecule has 1 aromatic rings. The molecule has 4 heteroatoms. The zero-order valence-electron chi connectivity index (χ0n) is 11.2. The molecule has 0 saturated carbocycles. The van der Waals surface area contributed by atoms with Crippen molar-refractivity contribution >= 4 is 5.69 Å². The van der Waals surface area contributed by atoms with Gasteiger partial charge in [0.2, 0.25) is 0 Å². The van der Waals surface area contributed by atoms with Crippen LogP contribution >= 0.6 is 0 Å². The van der Waals surface area contributed by atoms with Gasteiger partial charge in [-0.1, -0.05) is 13.8 Å². The average molecular weight is 255 g/mol. The van der Waals surface area contributed by atoms with E-state index in [0.717, 1.165) is 17.9 Å². The summed E-state index contributed by atoms with van der Waals surface area (Å²) < 4.78 is 5.59. The van der Waals surface area contributed by atoms with Crippen molar-refractivity contribution in [3.63, 3.8) is 0 Å². The maximum atomic E-state index is 8.59. The molecule has 0 aliphatic carbocycles. The van der Waals surface area contributed by atoms with Crippen molar-refractivity contribution in [2.24, 2.45) is 5.92 Å². The van der Waals surface area contributed by atoms with Crippen LogP contribution in [-0.4, -0.2) is 6.61 Å². The first kappa shape index (κ1) is 14.6. The molecule has 1 rings (SSSR count). The smallest absolute Gasteiger partial charge is 0.145 e. The summed E-state index contributed by atoms with van der Waals surface area (Å²) in [5.74, 6) is 1.44. The molecule has 0 bridgehead atoms. The molecular weight excluding hydrogens is 238 g/mol. The summed E-state index contributed by atoms with van der Waals surface area (Å²) in [6.07, 6.45) is 2.41. The van der Waals surface area contributed by atoms with Gasteiger partial charge in [-0.2, -0.15) is 10.5 Å². The summed E-state index contributed by atoms with van der Waals surface area (Å²) in [5, 5.41) is 20.1. The molecule has 0 aromatic heterocycles. The van der Waals surface area contributed by atoms with Gasteiger partial charge in [-0.15, -0.1) is 0 Å². The van der Waals surface area contributed by atoms with Crippen molar-refractivity contribution in [1.82, 2.24) is 0 Å².